The smallest absolute Gasteiger partial charge is 0.123 e. The molecule has 1 aromatic rings. The largest absolute Gasteiger partial charge is 0.491 e. The second-order valence-corrected chi connectivity index (χ2v) is 5.41. The van der Waals surface area contributed by atoms with E-state index in [0.717, 1.165) is 5.75 Å². The Morgan fingerprint density at radius 1 is 1.31 bits per heavy atom. The van der Waals surface area contributed by atoms with Gasteiger partial charge in [0.25, 0.3) is 0 Å². The molecule has 0 aliphatic rings. The maximum atomic E-state index is 9.25. The summed E-state index contributed by atoms with van der Waals surface area (Å²) in [6.07, 6.45) is -0.437. The highest BCUT2D eigenvalue weighted by Crippen LogP contribution is 2.32. The van der Waals surface area contributed by atoms with Gasteiger partial charge in [0.05, 0.1) is 6.10 Å². The summed E-state index contributed by atoms with van der Waals surface area (Å²) < 4.78 is 5.66. The number of aliphatic hydroxyl groups is 1. The minimum absolute atomic E-state index is 0.0573. The summed E-state index contributed by atoms with van der Waals surface area (Å²) >= 11 is 0. The van der Waals surface area contributed by atoms with Crippen molar-refractivity contribution in [1.82, 2.24) is 0 Å². The van der Waals surface area contributed by atoms with Gasteiger partial charge in [-0.1, -0.05) is 32.9 Å². The van der Waals surface area contributed by atoms with Gasteiger partial charge in [0.2, 0.25) is 0 Å². The Bertz CT molecular complexity index is 348. The first-order chi connectivity index (χ1) is 7.30. The van der Waals surface area contributed by atoms with Crippen LogP contribution in [0.3, 0.4) is 0 Å². The highest BCUT2D eigenvalue weighted by molar-refractivity contribution is 5.41. The van der Waals surface area contributed by atoms with Crippen LogP contribution in [-0.2, 0) is 5.41 Å². The first-order valence-electron chi connectivity index (χ1n) is 5.72. The van der Waals surface area contributed by atoms with Crippen LogP contribution >= 0.6 is 0 Å². The predicted molar refractivity (Wildman–Crippen MR) is 67.1 cm³/mol. The van der Waals surface area contributed by atoms with Gasteiger partial charge in [-0.3, -0.25) is 0 Å². The van der Waals surface area contributed by atoms with Crippen LogP contribution in [0.2, 0.25) is 0 Å². The van der Waals surface area contributed by atoms with Crippen molar-refractivity contribution in [3.8, 4) is 5.75 Å². The average Bonchev–Trinajstić information content (AvgIpc) is 2.12. The number of hydrogen-bond donors (Lipinski definition) is 1. The topological polar surface area (TPSA) is 29.5 Å². The predicted octanol–water partition coefficient (Wildman–Crippen LogP) is 3.05. The van der Waals surface area contributed by atoms with Crippen LogP contribution < -0.4 is 4.74 Å². The van der Waals surface area contributed by atoms with Crippen LogP contribution in [0.15, 0.2) is 18.2 Å². The normalized spacial score (nSPS) is 13.6. The molecule has 1 atom stereocenters. The van der Waals surface area contributed by atoms with Gasteiger partial charge in [-0.05, 0) is 36.5 Å². The molecule has 0 bridgehead atoms. The summed E-state index contributed by atoms with van der Waals surface area (Å²) in [4.78, 5) is 0. The molecule has 0 fully saturated rings. The lowest BCUT2D eigenvalue weighted by atomic mass is 9.86. The Kier molecular flexibility index (Phi) is 3.98. The summed E-state index contributed by atoms with van der Waals surface area (Å²) in [6.45, 7) is 10.6. The quantitative estimate of drug-likeness (QED) is 0.851. The second kappa shape index (κ2) is 4.88. The summed E-state index contributed by atoms with van der Waals surface area (Å²) in [5.74, 6) is 0.883. The van der Waals surface area contributed by atoms with Crippen molar-refractivity contribution >= 4 is 0 Å². The van der Waals surface area contributed by atoms with E-state index >= 15 is 0 Å². The van der Waals surface area contributed by atoms with E-state index in [-0.39, 0.29) is 5.41 Å². The zero-order chi connectivity index (χ0) is 12.3. The summed E-state index contributed by atoms with van der Waals surface area (Å²) in [5.41, 5.74) is 2.41. The molecule has 1 rings (SSSR count). The Morgan fingerprint density at radius 2 is 1.94 bits per heavy atom. The Hall–Kier alpha value is -1.02. The number of rotatable bonds is 3. The standard InChI is InChI=1S/C14H22O2/c1-10-6-7-12(14(3,4)5)13(8-10)16-9-11(2)15/h6-8,11,15H,9H2,1-5H3. The zero-order valence-corrected chi connectivity index (χ0v) is 10.9. The van der Waals surface area contributed by atoms with Crippen LogP contribution in [0.25, 0.3) is 0 Å². The molecule has 0 radical (unpaired) electrons. The maximum absolute atomic E-state index is 9.25. The van der Waals surface area contributed by atoms with Crippen LogP contribution in [0.1, 0.15) is 38.8 Å². The molecule has 0 aliphatic carbocycles. The van der Waals surface area contributed by atoms with Crippen molar-refractivity contribution in [3.63, 3.8) is 0 Å². The number of aryl methyl sites for hydroxylation is 1. The van der Waals surface area contributed by atoms with Gasteiger partial charge in [-0.2, -0.15) is 0 Å². The molecular weight excluding hydrogens is 200 g/mol. The molecule has 0 amide bonds. The second-order valence-electron chi connectivity index (χ2n) is 5.41. The first kappa shape index (κ1) is 13.0. The van der Waals surface area contributed by atoms with E-state index < -0.39 is 6.10 Å². The third kappa shape index (κ3) is 3.53. The van der Waals surface area contributed by atoms with E-state index in [4.69, 9.17) is 4.74 Å². The molecule has 2 nitrogen and oxygen atoms in total. The fraction of sp³-hybridized carbons (Fsp3) is 0.571. The lowest BCUT2D eigenvalue weighted by Gasteiger charge is -2.23. The van der Waals surface area contributed by atoms with Crippen LogP contribution in [0.4, 0.5) is 0 Å². The fourth-order valence-corrected chi connectivity index (χ4v) is 1.58. The highest BCUT2D eigenvalue weighted by atomic mass is 16.5. The average molecular weight is 222 g/mol. The maximum Gasteiger partial charge on any atom is 0.123 e. The third-order valence-corrected chi connectivity index (χ3v) is 2.43. The monoisotopic (exact) mass is 222 g/mol. The minimum Gasteiger partial charge on any atom is -0.491 e. The zero-order valence-electron chi connectivity index (χ0n) is 10.9. The van der Waals surface area contributed by atoms with Crippen molar-refractivity contribution in [2.45, 2.75) is 46.1 Å². The minimum atomic E-state index is -0.437. The van der Waals surface area contributed by atoms with E-state index in [1.54, 1.807) is 6.92 Å². The molecule has 90 valence electrons. The molecule has 0 heterocycles. The lowest BCUT2D eigenvalue weighted by molar-refractivity contribution is 0.121. The summed E-state index contributed by atoms with van der Waals surface area (Å²) in [7, 11) is 0. The molecule has 0 aliphatic heterocycles. The Morgan fingerprint density at radius 3 is 2.44 bits per heavy atom. The van der Waals surface area contributed by atoms with Crippen LogP contribution in [-0.4, -0.2) is 17.8 Å². The number of aliphatic hydroxyl groups excluding tert-OH is 1. The fourth-order valence-electron chi connectivity index (χ4n) is 1.58. The van der Waals surface area contributed by atoms with E-state index in [0.29, 0.717) is 6.61 Å². The van der Waals surface area contributed by atoms with Crippen molar-refractivity contribution in [2.24, 2.45) is 0 Å². The van der Waals surface area contributed by atoms with Gasteiger partial charge in [0, 0.05) is 0 Å². The summed E-state index contributed by atoms with van der Waals surface area (Å²) in [6, 6.07) is 6.23. The van der Waals surface area contributed by atoms with Crippen molar-refractivity contribution < 1.29 is 9.84 Å². The molecule has 0 saturated heterocycles. The van der Waals surface area contributed by atoms with Crippen molar-refractivity contribution in [2.75, 3.05) is 6.61 Å². The van der Waals surface area contributed by atoms with Gasteiger partial charge in [0.1, 0.15) is 12.4 Å². The molecule has 0 saturated carbocycles. The van der Waals surface area contributed by atoms with Gasteiger partial charge >= 0.3 is 0 Å². The van der Waals surface area contributed by atoms with Gasteiger partial charge in [-0.25, -0.2) is 0 Å². The van der Waals surface area contributed by atoms with E-state index in [1.807, 2.05) is 13.0 Å². The van der Waals surface area contributed by atoms with E-state index in [2.05, 4.69) is 32.9 Å². The third-order valence-electron chi connectivity index (χ3n) is 2.43. The first-order valence-corrected chi connectivity index (χ1v) is 5.72. The van der Waals surface area contributed by atoms with Crippen LogP contribution in [0, 0.1) is 6.92 Å². The summed E-state index contributed by atoms with van der Waals surface area (Å²) in [5, 5.41) is 9.25. The molecule has 0 spiro atoms. The van der Waals surface area contributed by atoms with Gasteiger partial charge in [0.15, 0.2) is 0 Å². The molecule has 16 heavy (non-hydrogen) atoms. The van der Waals surface area contributed by atoms with Crippen molar-refractivity contribution in [1.29, 1.82) is 0 Å². The molecular formula is C14H22O2. The molecule has 1 N–H and O–H groups in total. The van der Waals surface area contributed by atoms with E-state index in [9.17, 15) is 5.11 Å². The molecule has 1 unspecified atom stereocenters. The SMILES string of the molecule is Cc1ccc(C(C)(C)C)c(OCC(C)O)c1. The lowest BCUT2D eigenvalue weighted by Crippen LogP contribution is -2.17. The highest BCUT2D eigenvalue weighted by Gasteiger charge is 2.19. The number of hydrogen-bond acceptors (Lipinski definition) is 2. The van der Waals surface area contributed by atoms with Gasteiger partial charge < -0.3 is 9.84 Å². The van der Waals surface area contributed by atoms with Crippen LogP contribution in [0.5, 0.6) is 5.75 Å². The van der Waals surface area contributed by atoms with Crippen molar-refractivity contribution in [3.05, 3.63) is 29.3 Å². The molecule has 2 heteroatoms. The Balaban J connectivity index is 2.99. The number of benzene rings is 1. The van der Waals surface area contributed by atoms with Gasteiger partial charge in [-0.15, -0.1) is 0 Å². The Labute approximate surface area is 98.3 Å². The van der Waals surface area contributed by atoms with E-state index in [1.165, 1.54) is 11.1 Å². The molecule has 0 aromatic heterocycles. The molecule has 1 aromatic carbocycles. The number of ether oxygens (including phenoxy) is 1.